The Bertz CT molecular complexity index is 756. The van der Waals surface area contributed by atoms with E-state index in [-0.39, 0.29) is 0 Å². The maximum absolute atomic E-state index is 6.02. The first-order valence-corrected chi connectivity index (χ1v) is 7.48. The molecule has 0 spiro atoms. The Labute approximate surface area is 132 Å². The van der Waals surface area contributed by atoms with E-state index in [1.165, 1.54) is 0 Å². The van der Waals surface area contributed by atoms with E-state index in [1.54, 1.807) is 6.20 Å². The molecule has 21 heavy (non-hydrogen) atoms. The SMILES string of the molecule is Cc1ccnc(Oc2ccccc2-c2ccccc2)c1Br. The number of halogens is 1. The van der Waals surface area contributed by atoms with Crippen LogP contribution in [0.25, 0.3) is 11.1 Å². The molecule has 0 aliphatic heterocycles. The predicted molar refractivity (Wildman–Crippen MR) is 88.6 cm³/mol. The third-order valence-electron chi connectivity index (χ3n) is 3.23. The van der Waals surface area contributed by atoms with Crippen LogP contribution in [-0.2, 0) is 0 Å². The summed E-state index contributed by atoms with van der Waals surface area (Å²) in [6.07, 6.45) is 1.75. The number of pyridine rings is 1. The van der Waals surface area contributed by atoms with Crippen molar-refractivity contribution >= 4 is 15.9 Å². The quantitative estimate of drug-likeness (QED) is 0.618. The topological polar surface area (TPSA) is 22.1 Å². The monoisotopic (exact) mass is 339 g/mol. The Morgan fingerprint density at radius 3 is 2.43 bits per heavy atom. The molecule has 0 saturated heterocycles. The molecule has 0 N–H and O–H groups in total. The number of aromatic nitrogens is 1. The van der Waals surface area contributed by atoms with E-state index in [9.17, 15) is 0 Å². The molecule has 0 unspecified atom stereocenters. The standard InChI is InChI=1S/C18H14BrNO/c1-13-11-12-20-18(17(13)19)21-16-10-6-5-9-15(16)14-7-3-2-4-8-14/h2-12H,1H3. The second-order valence-corrected chi connectivity index (χ2v) is 5.50. The number of benzene rings is 2. The summed E-state index contributed by atoms with van der Waals surface area (Å²) in [7, 11) is 0. The maximum Gasteiger partial charge on any atom is 0.233 e. The lowest BCUT2D eigenvalue weighted by Gasteiger charge is -2.12. The molecule has 0 atom stereocenters. The summed E-state index contributed by atoms with van der Waals surface area (Å²) >= 11 is 3.53. The van der Waals surface area contributed by atoms with Crippen molar-refractivity contribution in [2.45, 2.75) is 6.92 Å². The summed E-state index contributed by atoms with van der Waals surface area (Å²) in [6, 6.07) is 20.1. The van der Waals surface area contributed by atoms with Crippen LogP contribution in [0, 0.1) is 6.92 Å². The highest BCUT2D eigenvalue weighted by atomic mass is 79.9. The molecule has 0 saturated carbocycles. The second kappa shape index (κ2) is 6.10. The summed E-state index contributed by atoms with van der Waals surface area (Å²) in [5, 5.41) is 0. The van der Waals surface area contributed by atoms with Crippen molar-refractivity contribution in [3.05, 3.63) is 76.9 Å². The Hall–Kier alpha value is -2.13. The first-order chi connectivity index (χ1) is 10.3. The van der Waals surface area contributed by atoms with E-state index in [1.807, 2.05) is 55.5 Å². The second-order valence-electron chi connectivity index (χ2n) is 4.71. The third kappa shape index (κ3) is 2.98. The van der Waals surface area contributed by atoms with Crippen molar-refractivity contribution in [2.75, 3.05) is 0 Å². The highest BCUT2D eigenvalue weighted by Gasteiger charge is 2.10. The largest absolute Gasteiger partial charge is 0.437 e. The van der Waals surface area contributed by atoms with Crippen LogP contribution in [0.15, 0.2) is 71.3 Å². The van der Waals surface area contributed by atoms with Crippen LogP contribution in [0.4, 0.5) is 0 Å². The zero-order valence-electron chi connectivity index (χ0n) is 11.6. The molecule has 3 rings (SSSR count). The number of para-hydroxylation sites is 1. The van der Waals surface area contributed by atoms with E-state index in [2.05, 4.69) is 33.0 Å². The van der Waals surface area contributed by atoms with Gasteiger partial charge in [-0.2, -0.15) is 0 Å². The number of aryl methyl sites for hydroxylation is 1. The van der Waals surface area contributed by atoms with Crippen molar-refractivity contribution in [3.63, 3.8) is 0 Å². The van der Waals surface area contributed by atoms with Crippen molar-refractivity contribution < 1.29 is 4.74 Å². The zero-order chi connectivity index (χ0) is 14.7. The van der Waals surface area contributed by atoms with Gasteiger partial charge in [-0.25, -0.2) is 4.98 Å². The van der Waals surface area contributed by atoms with Crippen LogP contribution < -0.4 is 4.74 Å². The van der Waals surface area contributed by atoms with Gasteiger partial charge in [-0.05, 0) is 46.1 Å². The minimum absolute atomic E-state index is 0.582. The van der Waals surface area contributed by atoms with Gasteiger partial charge in [0.1, 0.15) is 5.75 Å². The normalized spacial score (nSPS) is 10.4. The minimum atomic E-state index is 0.582. The fourth-order valence-corrected chi connectivity index (χ4v) is 2.42. The van der Waals surface area contributed by atoms with E-state index in [0.29, 0.717) is 5.88 Å². The van der Waals surface area contributed by atoms with Gasteiger partial charge in [0.05, 0.1) is 4.47 Å². The van der Waals surface area contributed by atoms with Crippen LogP contribution in [0.1, 0.15) is 5.56 Å². The van der Waals surface area contributed by atoms with Crippen molar-refractivity contribution in [1.82, 2.24) is 4.98 Å². The molecule has 2 nitrogen and oxygen atoms in total. The molecule has 0 amide bonds. The molecular formula is C18H14BrNO. The smallest absolute Gasteiger partial charge is 0.233 e. The molecule has 3 aromatic rings. The van der Waals surface area contributed by atoms with E-state index >= 15 is 0 Å². The van der Waals surface area contributed by atoms with E-state index in [0.717, 1.165) is 26.9 Å². The van der Waals surface area contributed by atoms with Gasteiger partial charge in [0.25, 0.3) is 0 Å². The molecular weight excluding hydrogens is 326 g/mol. The lowest BCUT2D eigenvalue weighted by Crippen LogP contribution is -1.92. The molecule has 0 fully saturated rings. The first kappa shape index (κ1) is 13.8. The Morgan fingerprint density at radius 1 is 0.905 bits per heavy atom. The first-order valence-electron chi connectivity index (χ1n) is 6.69. The molecule has 2 aromatic carbocycles. The van der Waals surface area contributed by atoms with Crippen molar-refractivity contribution in [1.29, 1.82) is 0 Å². The Kier molecular flexibility index (Phi) is 4.02. The molecule has 3 heteroatoms. The number of rotatable bonds is 3. The van der Waals surface area contributed by atoms with E-state index < -0.39 is 0 Å². The van der Waals surface area contributed by atoms with Crippen LogP contribution in [0.5, 0.6) is 11.6 Å². The van der Waals surface area contributed by atoms with Crippen LogP contribution >= 0.6 is 15.9 Å². The van der Waals surface area contributed by atoms with Gasteiger partial charge in [-0.1, -0.05) is 48.5 Å². The summed E-state index contributed by atoms with van der Waals surface area (Å²) in [5.74, 6) is 1.38. The fourth-order valence-electron chi connectivity index (χ4n) is 2.10. The molecule has 0 radical (unpaired) electrons. The molecule has 0 aliphatic carbocycles. The Balaban J connectivity index is 2.02. The van der Waals surface area contributed by atoms with Crippen molar-refractivity contribution in [3.8, 4) is 22.8 Å². The van der Waals surface area contributed by atoms with E-state index in [4.69, 9.17) is 4.74 Å². The van der Waals surface area contributed by atoms with Crippen LogP contribution in [0.2, 0.25) is 0 Å². The highest BCUT2D eigenvalue weighted by molar-refractivity contribution is 9.10. The molecule has 0 aliphatic rings. The molecule has 104 valence electrons. The van der Waals surface area contributed by atoms with Gasteiger partial charge in [-0.3, -0.25) is 0 Å². The van der Waals surface area contributed by atoms with Gasteiger partial charge in [0, 0.05) is 11.8 Å². The fraction of sp³-hybridized carbons (Fsp3) is 0.0556. The number of hydrogen-bond donors (Lipinski definition) is 0. The third-order valence-corrected chi connectivity index (χ3v) is 4.19. The van der Waals surface area contributed by atoms with Gasteiger partial charge in [0.15, 0.2) is 0 Å². The molecule has 1 aromatic heterocycles. The average molecular weight is 340 g/mol. The lowest BCUT2D eigenvalue weighted by atomic mass is 10.1. The highest BCUT2D eigenvalue weighted by Crippen LogP contribution is 2.35. The molecule has 1 heterocycles. The van der Waals surface area contributed by atoms with Crippen LogP contribution in [-0.4, -0.2) is 4.98 Å². The number of ether oxygens (including phenoxy) is 1. The molecule has 0 bridgehead atoms. The number of nitrogens with zero attached hydrogens (tertiary/aromatic N) is 1. The summed E-state index contributed by atoms with van der Waals surface area (Å²) in [4.78, 5) is 4.30. The van der Waals surface area contributed by atoms with Gasteiger partial charge >= 0.3 is 0 Å². The average Bonchev–Trinajstić information content (AvgIpc) is 2.53. The Morgan fingerprint density at radius 2 is 1.62 bits per heavy atom. The summed E-state index contributed by atoms with van der Waals surface area (Å²) in [5.41, 5.74) is 3.27. The van der Waals surface area contributed by atoms with Gasteiger partial charge in [0.2, 0.25) is 5.88 Å². The summed E-state index contributed by atoms with van der Waals surface area (Å²) < 4.78 is 6.90. The maximum atomic E-state index is 6.02. The van der Waals surface area contributed by atoms with Crippen molar-refractivity contribution in [2.24, 2.45) is 0 Å². The van der Waals surface area contributed by atoms with Gasteiger partial charge in [-0.15, -0.1) is 0 Å². The van der Waals surface area contributed by atoms with Gasteiger partial charge < -0.3 is 4.74 Å². The number of hydrogen-bond acceptors (Lipinski definition) is 2. The van der Waals surface area contributed by atoms with Crippen LogP contribution in [0.3, 0.4) is 0 Å². The zero-order valence-corrected chi connectivity index (χ0v) is 13.2. The predicted octanol–water partition coefficient (Wildman–Crippen LogP) is 5.61. The lowest BCUT2D eigenvalue weighted by molar-refractivity contribution is 0.461. The minimum Gasteiger partial charge on any atom is -0.437 e. The summed E-state index contributed by atoms with van der Waals surface area (Å²) in [6.45, 7) is 2.02.